The number of benzene rings is 1. The van der Waals surface area contributed by atoms with Crippen LogP contribution in [0.15, 0.2) is 18.2 Å². The highest BCUT2D eigenvalue weighted by atomic mass is 32.1. The molecule has 178 valence electrons. The van der Waals surface area contributed by atoms with Gasteiger partial charge < -0.3 is 16.8 Å². The molecule has 1 saturated carbocycles. The van der Waals surface area contributed by atoms with E-state index < -0.39 is 17.9 Å². The lowest BCUT2D eigenvalue weighted by molar-refractivity contribution is -0.123. The average Bonchev–Trinajstić information content (AvgIpc) is 3.37. The molecule has 8 nitrogen and oxygen atoms in total. The summed E-state index contributed by atoms with van der Waals surface area (Å²) in [5, 5.41) is 3.16. The van der Waals surface area contributed by atoms with Crippen molar-refractivity contribution >= 4 is 40.6 Å². The summed E-state index contributed by atoms with van der Waals surface area (Å²) >= 11 is 0.827. The van der Waals surface area contributed by atoms with Gasteiger partial charge in [0.25, 0.3) is 11.8 Å². The van der Waals surface area contributed by atoms with Crippen molar-refractivity contribution in [1.29, 1.82) is 0 Å². The van der Waals surface area contributed by atoms with Crippen LogP contribution < -0.4 is 21.7 Å². The van der Waals surface area contributed by atoms with E-state index >= 15 is 0 Å². The summed E-state index contributed by atoms with van der Waals surface area (Å²) in [6.45, 7) is 7.93. The van der Waals surface area contributed by atoms with Crippen LogP contribution in [0.4, 0.5) is 11.4 Å². The fraction of sp³-hybridized carbons (Fsp3) is 0.500. The lowest BCUT2D eigenvalue weighted by atomic mass is 9.98. The van der Waals surface area contributed by atoms with Crippen LogP contribution in [-0.2, 0) is 4.79 Å². The second-order valence-electron chi connectivity index (χ2n) is 9.24. The molecule has 0 saturated heterocycles. The molecule has 0 bridgehead atoms. The van der Waals surface area contributed by atoms with Crippen molar-refractivity contribution in [2.24, 2.45) is 11.7 Å². The number of primary amides is 1. The predicted molar refractivity (Wildman–Crippen MR) is 131 cm³/mol. The highest BCUT2D eigenvalue weighted by Crippen LogP contribution is 2.32. The first-order chi connectivity index (χ1) is 15.6. The molecular weight excluding hydrogens is 438 g/mol. The van der Waals surface area contributed by atoms with Gasteiger partial charge in [-0.15, -0.1) is 0 Å². The number of aryl methyl sites for hydroxylation is 2. The van der Waals surface area contributed by atoms with Crippen molar-refractivity contribution < 1.29 is 14.4 Å². The Hall–Kier alpha value is -2.94. The van der Waals surface area contributed by atoms with Crippen LogP contribution in [0.5, 0.6) is 0 Å². The van der Waals surface area contributed by atoms with E-state index in [1.54, 1.807) is 0 Å². The number of nitrogens with zero attached hydrogens (tertiary/aromatic N) is 2. The number of anilines is 2. The summed E-state index contributed by atoms with van der Waals surface area (Å²) < 4.78 is 3.99. The molecule has 3 rings (SSSR count). The van der Waals surface area contributed by atoms with E-state index in [2.05, 4.69) is 9.69 Å². The molecule has 0 spiro atoms. The molecule has 33 heavy (non-hydrogen) atoms. The van der Waals surface area contributed by atoms with Gasteiger partial charge in [0.05, 0.1) is 5.69 Å². The molecule has 9 heteroatoms. The Morgan fingerprint density at radius 2 is 1.88 bits per heavy atom. The van der Waals surface area contributed by atoms with Crippen molar-refractivity contribution in [3.63, 3.8) is 0 Å². The lowest BCUT2D eigenvalue weighted by Gasteiger charge is -2.34. The number of nitrogens with two attached hydrogens (primary N) is 2. The van der Waals surface area contributed by atoms with Gasteiger partial charge in [-0.25, -0.2) is 0 Å². The smallest absolute Gasteiger partial charge is 0.272 e. The van der Waals surface area contributed by atoms with Gasteiger partial charge in [-0.05, 0) is 62.2 Å². The molecule has 1 aromatic heterocycles. The number of nitrogens with one attached hydrogen (secondary N) is 1. The van der Waals surface area contributed by atoms with Gasteiger partial charge in [-0.1, -0.05) is 44.4 Å². The minimum Gasteiger partial charge on any atom is -0.395 e. The normalized spacial score (nSPS) is 14.9. The summed E-state index contributed by atoms with van der Waals surface area (Å²) in [6.07, 6.45) is 4.54. The van der Waals surface area contributed by atoms with E-state index in [0.717, 1.165) is 48.3 Å². The number of amides is 3. The van der Waals surface area contributed by atoms with Crippen molar-refractivity contribution in [3.05, 3.63) is 39.9 Å². The van der Waals surface area contributed by atoms with Crippen molar-refractivity contribution in [1.82, 2.24) is 9.69 Å². The Morgan fingerprint density at radius 3 is 2.42 bits per heavy atom. The molecule has 3 amide bonds. The Kier molecular flexibility index (Phi) is 7.73. The number of hydrogen-bond donors (Lipinski definition) is 3. The monoisotopic (exact) mass is 471 g/mol. The summed E-state index contributed by atoms with van der Waals surface area (Å²) in [4.78, 5) is 40.7. The van der Waals surface area contributed by atoms with E-state index in [4.69, 9.17) is 11.5 Å². The van der Waals surface area contributed by atoms with Gasteiger partial charge in [-0.2, -0.15) is 4.37 Å². The van der Waals surface area contributed by atoms with Crippen LogP contribution in [0.3, 0.4) is 0 Å². The van der Waals surface area contributed by atoms with Crippen molar-refractivity contribution in [2.45, 2.75) is 71.9 Å². The maximum absolute atomic E-state index is 13.9. The summed E-state index contributed by atoms with van der Waals surface area (Å²) in [5.41, 5.74) is 13.8. The first kappa shape index (κ1) is 24.7. The number of nitrogen functional groups attached to an aromatic ring is 1. The van der Waals surface area contributed by atoms with E-state index in [-0.39, 0.29) is 34.1 Å². The highest BCUT2D eigenvalue weighted by Gasteiger charge is 2.36. The predicted octanol–water partition coefficient (Wildman–Crippen LogP) is 3.56. The van der Waals surface area contributed by atoms with Crippen LogP contribution in [0.1, 0.15) is 77.2 Å². The summed E-state index contributed by atoms with van der Waals surface area (Å²) in [6, 6.07) is 5.12. The molecule has 1 heterocycles. The fourth-order valence-corrected chi connectivity index (χ4v) is 5.12. The summed E-state index contributed by atoms with van der Waals surface area (Å²) in [7, 11) is 0. The number of aromatic nitrogens is 1. The number of carbonyl (C=O) groups is 3. The van der Waals surface area contributed by atoms with Gasteiger partial charge in [0, 0.05) is 11.7 Å². The van der Waals surface area contributed by atoms with Gasteiger partial charge in [0.1, 0.15) is 10.9 Å². The Bertz CT molecular complexity index is 1040. The first-order valence-electron chi connectivity index (χ1n) is 11.4. The molecule has 1 fully saturated rings. The zero-order valence-electron chi connectivity index (χ0n) is 19.7. The van der Waals surface area contributed by atoms with Crippen LogP contribution in [0.25, 0.3) is 0 Å². The topological polar surface area (TPSA) is 131 Å². The highest BCUT2D eigenvalue weighted by molar-refractivity contribution is 7.09. The van der Waals surface area contributed by atoms with Crippen LogP contribution in [-0.4, -0.2) is 34.2 Å². The van der Waals surface area contributed by atoms with Crippen molar-refractivity contribution in [3.8, 4) is 0 Å². The fourth-order valence-electron chi connectivity index (χ4n) is 4.38. The second-order valence-corrected chi connectivity index (χ2v) is 10.0. The van der Waals surface area contributed by atoms with E-state index in [9.17, 15) is 14.4 Å². The Balaban J connectivity index is 2.09. The third kappa shape index (κ3) is 5.52. The zero-order chi connectivity index (χ0) is 24.3. The first-order valence-corrected chi connectivity index (χ1v) is 12.1. The van der Waals surface area contributed by atoms with Gasteiger partial charge >= 0.3 is 0 Å². The maximum atomic E-state index is 13.9. The number of carbonyl (C=O) groups excluding carboxylic acids is 3. The zero-order valence-corrected chi connectivity index (χ0v) is 20.5. The lowest BCUT2D eigenvalue weighted by Crippen LogP contribution is -2.52. The molecule has 1 unspecified atom stereocenters. The molecule has 0 radical (unpaired) electrons. The molecule has 0 aliphatic heterocycles. The van der Waals surface area contributed by atoms with E-state index in [0.29, 0.717) is 12.1 Å². The molecule has 1 atom stereocenters. The van der Waals surface area contributed by atoms with Crippen LogP contribution >= 0.6 is 11.5 Å². The SMILES string of the molecule is Cc1ccc(N(C(=O)c2snc(C(N)=O)c2N)C(CC(C)C)C(=O)NC2CCCC2)c(C)c1. The standard InChI is InChI=1S/C24H33N5O3S/c1-13(2)11-18(23(31)27-16-7-5-6-8-16)29(17-10-9-14(3)12-15(17)4)24(32)21-19(25)20(22(26)30)28-33-21/h9-10,12-13,16,18H,5-8,11,25H2,1-4H3,(H2,26,30)(H,27,31). The molecule has 2 aromatic rings. The third-order valence-corrected chi connectivity index (χ3v) is 6.85. The van der Waals surface area contributed by atoms with E-state index in [1.165, 1.54) is 4.90 Å². The molecule has 1 aliphatic carbocycles. The number of rotatable bonds is 8. The maximum Gasteiger partial charge on any atom is 0.272 e. The second kappa shape index (κ2) is 10.3. The Morgan fingerprint density at radius 1 is 1.21 bits per heavy atom. The molecular formula is C24H33N5O3S. The van der Waals surface area contributed by atoms with Crippen LogP contribution in [0, 0.1) is 19.8 Å². The largest absolute Gasteiger partial charge is 0.395 e. The number of hydrogen-bond acceptors (Lipinski definition) is 6. The van der Waals surface area contributed by atoms with Gasteiger partial charge in [0.15, 0.2) is 5.69 Å². The minimum absolute atomic E-state index is 0.0493. The minimum atomic E-state index is -0.793. The molecule has 5 N–H and O–H groups in total. The third-order valence-electron chi connectivity index (χ3n) is 6.00. The van der Waals surface area contributed by atoms with Gasteiger partial charge in [-0.3, -0.25) is 19.3 Å². The van der Waals surface area contributed by atoms with Crippen molar-refractivity contribution in [2.75, 3.05) is 10.6 Å². The van der Waals surface area contributed by atoms with E-state index in [1.807, 2.05) is 45.9 Å². The molecule has 1 aromatic carbocycles. The Labute approximate surface area is 198 Å². The van der Waals surface area contributed by atoms with Crippen LogP contribution in [0.2, 0.25) is 0 Å². The van der Waals surface area contributed by atoms with Gasteiger partial charge in [0.2, 0.25) is 5.91 Å². The average molecular weight is 472 g/mol. The molecule has 1 aliphatic rings. The quantitative estimate of drug-likeness (QED) is 0.542. The summed E-state index contributed by atoms with van der Waals surface area (Å²) in [5.74, 6) is -1.28.